The zero-order valence-corrected chi connectivity index (χ0v) is 12.6. The summed E-state index contributed by atoms with van der Waals surface area (Å²) in [6, 6.07) is 9.24. The first-order valence-corrected chi connectivity index (χ1v) is 8.29. The minimum absolute atomic E-state index is 0.489. The maximum absolute atomic E-state index is 5.82. The summed E-state index contributed by atoms with van der Waals surface area (Å²) in [7, 11) is 2.09. The summed E-state index contributed by atoms with van der Waals surface area (Å²) < 4.78 is 5.82. The molecule has 1 aromatic carbocycles. The Bertz CT molecular complexity index is 404. The van der Waals surface area contributed by atoms with Crippen LogP contribution >= 0.6 is 0 Å². The zero-order valence-electron chi connectivity index (χ0n) is 12.6. The van der Waals surface area contributed by atoms with Crippen LogP contribution in [-0.4, -0.2) is 13.2 Å². The van der Waals surface area contributed by atoms with E-state index < -0.39 is 0 Å². The van der Waals surface area contributed by atoms with Crippen LogP contribution in [0, 0.1) is 5.92 Å². The predicted octanol–water partition coefficient (Wildman–Crippen LogP) is 4.46. The summed E-state index contributed by atoms with van der Waals surface area (Å²) in [4.78, 5) is 0. The molecule has 0 bridgehead atoms. The minimum Gasteiger partial charge on any atom is -0.490 e. The molecule has 1 aromatic rings. The Morgan fingerprint density at radius 1 is 1.05 bits per heavy atom. The molecule has 0 heterocycles. The molecule has 0 radical (unpaired) electrons. The predicted molar refractivity (Wildman–Crippen MR) is 83.1 cm³/mol. The number of hydrogen-bond acceptors (Lipinski definition) is 2. The van der Waals surface area contributed by atoms with Gasteiger partial charge in [0.25, 0.3) is 0 Å². The first kappa shape index (κ1) is 13.9. The van der Waals surface area contributed by atoms with Gasteiger partial charge in [0.15, 0.2) is 0 Å². The molecule has 1 atom stereocenters. The van der Waals surface area contributed by atoms with E-state index in [1.165, 1.54) is 56.9 Å². The summed E-state index contributed by atoms with van der Waals surface area (Å²) in [5.74, 6) is 1.94. The Morgan fingerprint density at radius 2 is 1.75 bits per heavy atom. The van der Waals surface area contributed by atoms with E-state index in [-0.39, 0.29) is 0 Å². The van der Waals surface area contributed by atoms with Crippen molar-refractivity contribution in [3.63, 3.8) is 0 Å². The van der Waals surface area contributed by atoms with Crippen molar-refractivity contribution in [3.05, 3.63) is 29.8 Å². The Balaban J connectivity index is 1.58. The lowest BCUT2D eigenvalue weighted by Crippen LogP contribution is -2.21. The van der Waals surface area contributed by atoms with Gasteiger partial charge >= 0.3 is 0 Å². The molecule has 1 N–H and O–H groups in total. The fraction of sp³-hybridized carbons (Fsp3) is 0.667. The van der Waals surface area contributed by atoms with E-state index >= 15 is 0 Å². The molecule has 0 saturated heterocycles. The van der Waals surface area contributed by atoms with Gasteiger partial charge in [-0.3, -0.25) is 0 Å². The zero-order chi connectivity index (χ0) is 13.8. The molecule has 0 aromatic heterocycles. The van der Waals surface area contributed by atoms with Crippen LogP contribution in [-0.2, 0) is 0 Å². The van der Waals surface area contributed by atoms with Crippen LogP contribution in [0.4, 0.5) is 0 Å². The number of rotatable bonds is 6. The lowest BCUT2D eigenvalue weighted by Gasteiger charge is -2.26. The summed E-state index contributed by atoms with van der Waals surface area (Å²) in [6.07, 6.45) is 11.3. The van der Waals surface area contributed by atoms with Gasteiger partial charge < -0.3 is 10.1 Å². The molecule has 2 aliphatic carbocycles. The van der Waals surface area contributed by atoms with Crippen LogP contribution in [0.5, 0.6) is 5.75 Å². The van der Waals surface area contributed by atoms with E-state index in [0.29, 0.717) is 12.1 Å². The van der Waals surface area contributed by atoms with Gasteiger partial charge in [-0.1, -0.05) is 44.2 Å². The number of hydrogen-bond donors (Lipinski definition) is 1. The molecule has 2 fully saturated rings. The molecule has 0 amide bonds. The lowest BCUT2D eigenvalue weighted by molar-refractivity contribution is 0.300. The second-order valence-corrected chi connectivity index (χ2v) is 6.47. The average molecular weight is 273 g/mol. The van der Waals surface area contributed by atoms with Crippen LogP contribution in [0.1, 0.15) is 63.0 Å². The second-order valence-electron chi connectivity index (χ2n) is 6.47. The van der Waals surface area contributed by atoms with E-state index in [1.54, 1.807) is 0 Å². The Hall–Kier alpha value is -1.02. The van der Waals surface area contributed by atoms with E-state index in [0.717, 1.165) is 11.7 Å². The molecular formula is C18H27NO. The van der Waals surface area contributed by atoms with Crippen LogP contribution in [0.15, 0.2) is 24.3 Å². The largest absolute Gasteiger partial charge is 0.490 e. The molecule has 0 aliphatic heterocycles. The quantitative estimate of drug-likeness (QED) is 0.826. The Kier molecular flexibility index (Phi) is 4.62. The highest BCUT2D eigenvalue weighted by Crippen LogP contribution is 2.33. The van der Waals surface area contributed by atoms with Crippen LogP contribution in [0.3, 0.4) is 0 Å². The van der Waals surface area contributed by atoms with Crippen molar-refractivity contribution < 1.29 is 4.74 Å². The first-order valence-electron chi connectivity index (χ1n) is 8.29. The maximum atomic E-state index is 5.82. The van der Waals surface area contributed by atoms with Crippen molar-refractivity contribution >= 4 is 0 Å². The van der Waals surface area contributed by atoms with Gasteiger partial charge in [-0.25, -0.2) is 0 Å². The molecule has 0 spiro atoms. The Morgan fingerprint density at radius 3 is 2.35 bits per heavy atom. The SMILES string of the molecule is CNC(CC1CCCCC1)c1ccc(OC2CC2)cc1. The third-order valence-electron chi connectivity index (χ3n) is 4.75. The third-order valence-corrected chi connectivity index (χ3v) is 4.75. The summed E-state index contributed by atoms with van der Waals surface area (Å²) in [5.41, 5.74) is 1.40. The molecule has 2 nitrogen and oxygen atoms in total. The highest BCUT2D eigenvalue weighted by molar-refractivity contribution is 5.29. The van der Waals surface area contributed by atoms with E-state index in [4.69, 9.17) is 4.74 Å². The lowest BCUT2D eigenvalue weighted by atomic mass is 9.83. The maximum Gasteiger partial charge on any atom is 0.119 e. The normalized spacial score (nSPS) is 21.6. The molecule has 20 heavy (non-hydrogen) atoms. The number of ether oxygens (including phenoxy) is 1. The summed E-state index contributed by atoms with van der Waals surface area (Å²) >= 11 is 0. The fourth-order valence-electron chi connectivity index (χ4n) is 3.33. The van der Waals surface area contributed by atoms with Gasteiger partial charge in [0.1, 0.15) is 5.75 Å². The van der Waals surface area contributed by atoms with Crippen LogP contribution < -0.4 is 10.1 Å². The standard InChI is InChI=1S/C18H27NO/c1-19-18(13-14-5-3-2-4-6-14)15-7-9-16(10-8-15)20-17-11-12-17/h7-10,14,17-19H,2-6,11-13H2,1H3. The van der Waals surface area contributed by atoms with Gasteiger partial charge in [0, 0.05) is 6.04 Å². The van der Waals surface area contributed by atoms with Crippen molar-refractivity contribution in [1.82, 2.24) is 5.32 Å². The highest BCUT2D eigenvalue weighted by atomic mass is 16.5. The van der Waals surface area contributed by atoms with Gasteiger partial charge in [0.05, 0.1) is 6.10 Å². The molecule has 2 aliphatic rings. The molecule has 3 rings (SSSR count). The van der Waals surface area contributed by atoms with Crippen molar-refractivity contribution in [2.24, 2.45) is 5.92 Å². The van der Waals surface area contributed by atoms with Crippen molar-refractivity contribution in [2.75, 3.05) is 7.05 Å². The molecule has 110 valence electrons. The highest BCUT2D eigenvalue weighted by Gasteiger charge is 2.23. The van der Waals surface area contributed by atoms with Crippen molar-refractivity contribution in [1.29, 1.82) is 0 Å². The molecule has 1 unspecified atom stereocenters. The number of nitrogens with one attached hydrogen (secondary N) is 1. The van der Waals surface area contributed by atoms with Gasteiger partial charge in [0.2, 0.25) is 0 Å². The minimum atomic E-state index is 0.489. The van der Waals surface area contributed by atoms with Gasteiger partial charge in [-0.15, -0.1) is 0 Å². The topological polar surface area (TPSA) is 21.3 Å². The van der Waals surface area contributed by atoms with E-state index in [9.17, 15) is 0 Å². The fourth-order valence-corrected chi connectivity index (χ4v) is 3.33. The molecule has 2 heteroatoms. The first-order chi connectivity index (χ1) is 9.85. The smallest absolute Gasteiger partial charge is 0.119 e. The Labute approximate surface area is 122 Å². The van der Waals surface area contributed by atoms with E-state index in [2.05, 4.69) is 36.6 Å². The summed E-state index contributed by atoms with van der Waals surface area (Å²) in [6.45, 7) is 0. The van der Waals surface area contributed by atoms with Gasteiger partial charge in [-0.2, -0.15) is 0 Å². The average Bonchev–Trinajstić information content (AvgIpc) is 3.31. The second kappa shape index (κ2) is 6.62. The van der Waals surface area contributed by atoms with E-state index in [1.807, 2.05) is 0 Å². The number of benzene rings is 1. The van der Waals surface area contributed by atoms with Crippen LogP contribution in [0.2, 0.25) is 0 Å². The summed E-state index contributed by atoms with van der Waals surface area (Å²) in [5, 5.41) is 3.50. The molecule has 2 saturated carbocycles. The monoisotopic (exact) mass is 273 g/mol. The van der Waals surface area contributed by atoms with Gasteiger partial charge in [-0.05, 0) is 49.9 Å². The molecular weight excluding hydrogens is 246 g/mol. The van der Waals surface area contributed by atoms with Crippen molar-refractivity contribution in [3.8, 4) is 5.75 Å². The van der Waals surface area contributed by atoms with Crippen LogP contribution in [0.25, 0.3) is 0 Å². The van der Waals surface area contributed by atoms with Crippen molar-refractivity contribution in [2.45, 2.75) is 63.5 Å². The third kappa shape index (κ3) is 3.76.